The molecule has 0 bridgehead atoms. The number of benzene rings is 1. The second-order valence-electron chi connectivity index (χ2n) is 3.86. The molecule has 7 nitrogen and oxygen atoms in total. The summed E-state index contributed by atoms with van der Waals surface area (Å²) in [6, 6.07) is 6.28. The fourth-order valence-electron chi connectivity index (χ4n) is 1.62. The van der Waals surface area contributed by atoms with Crippen LogP contribution in [0.2, 0.25) is 0 Å². The smallest absolute Gasteiger partial charge is 0.269 e. The molecule has 5 N–H and O–H groups in total. The summed E-state index contributed by atoms with van der Waals surface area (Å²) in [5.74, 6) is -0.858. The van der Waals surface area contributed by atoms with Crippen molar-refractivity contribution in [3.8, 4) is 5.69 Å². The Morgan fingerprint density at radius 3 is 2.63 bits per heavy atom. The molecule has 1 aromatic heterocycles. The predicted molar refractivity (Wildman–Crippen MR) is 69.9 cm³/mol. The Morgan fingerprint density at radius 2 is 2.05 bits per heavy atom. The van der Waals surface area contributed by atoms with Gasteiger partial charge < -0.3 is 16.8 Å². The van der Waals surface area contributed by atoms with E-state index in [0.717, 1.165) is 0 Å². The number of aromatic nitrogens is 2. The number of carbonyl (C=O) groups is 2. The third kappa shape index (κ3) is 2.39. The van der Waals surface area contributed by atoms with Gasteiger partial charge in [0.2, 0.25) is 0 Å². The summed E-state index contributed by atoms with van der Waals surface area (Å²) in [6.07, 6.45) is 1.55. The molecule has 0 saturated heterocycles. The quantitative estimate of drug-likeness (QED) is 0.668. The van der Waals surface area contributed by atoms with Gasteiger partial charge in [-0.3, -0.25) is 9.59 Å². The molecule has 0 spiro atoms. The van der Waals surface area contributed by atoms with E-state index < -0.39 is 5.91 Å². The number of nitrogens with zero attached hydrogens (tertiary/aromatic N) is 2. The molecule has 1 heterocycles. The van der Waals surface area contributed by atoms with Crippen molar-refractivity contribution >= 4 is 17.5 Å². The van der Waals surface area contributed by atoms with Crippen molar-refractivity contribution in [3.05, 3.63) is 41.7 Å². The van der Waals surface area contributed by atoms with Gasteiger partial charge in [-0.05, 0) is 24.3 Å². The molecule has 0 unspecified atom stereocenters. The minimum atomic E-state index is -0.625. The number of nitrogens with two attached hydrogens (primary N) is 2. The summed E-state index contributed by atoms with van der Waals surface area (Å²) in [5, 5.41) is 6.52. The first-order chi connectivity index (χ1) is 9.02. The standard InChI is InChI=1S/C12H13N5O2/c1-15-12(19)7-2-3-8(13)10(6-7)17-5-4-9(16-17)11(14)18/h2-6H,13H2,1H3,(H2,14,18)(H,15,19). The van der Waals surface area contributed by atoms with E-state index in [4.69, 9.17) is 11.5 Å². The Labute approximate surface area is 109 Å². The molecule has 0 fully saturated rings. The molecular weight excluding hydrogens is 246 g/mol. The van der Waals surface area contributed by atoms with E-state index in [2.05, 4.69) is 10.4 Å². The first-order valence-electron chi connectivity index (χ1n) is 5.50. The summed E-state index contributed by atoms with van der Waals surface area (Å²) < 4.78 is 1.40. The lowest BCUT2D eigenvalue weighted by Crippen LogP contribution is -2.18. The van der Waals surface area contributed by atoms with Crippen LogP contribution in [0.4, 0.5) is 5.69 Å². The third-order valence-electron chi connectivity index (χ3n) is 2.61. The largest absolute Gasteiger partial charge is 0.397 e. The van der Waals surface area contributed by atoms with Crippen LogP contribution in [0.5, 0.6) is 0 Å². The molecule has 19 heavy (non-hydrogen) atoms. The molecule has 7 heteroatoms. The Bertz CT molecular complexity index is 647. The molecular formula is C12H13N5O2. The SMILES string of the molecule is CNC(=O)c1ccc(N)c(-n2ccc(C(N)=O)n2)c1. The van der Waals surface area contributed by atoms with Crippen molar-refractivity contribution in [2.24, 2.45) is 5.73 Å². The second-order valence-corrected chi connectivity index (χ2v) is 3.86. The minimum Gasteiger partial charge on any atom is -0.397 e. The molecule has 0 radical (unpaired) electrons. The molecule has 0 aliphatic rings. The lowest BCUT2D eigenvalue weighted by molar-refractivity contribution is 0.0961. The normalized spacial score (nSPS) is 10.2. The van der Waals surface area contributed by atoms with Gasteiger partial charge in [-0.25, -0.2) is 4.68 Å². The zero-order chi connectivity index (χ0) is 14.0. The number of primary amides is 1. The molecule has 2 rings (SSSR count). The van der Waals surface area contributed by atoms with Crippen molar-refractivity contribution in [3.63, 3.8) is 0 Å². The highest BCUT2D eigenvalue weighted by atomic mass is 16.2. The van der Waals surface area contributed by atoms with Crippen LogP contribution in [0, 0.1) is 0 Å². The lowest BCUT2D eigenvalue weighted by Gasteiger charge is -2.08. The van der Waals surface area contributed by atoms with Crippen LogP contribution in [0.1, 0.15) is 20.8 Å². The van der Waals surface area contributed by atoms with Crippen molar-refractivity contribution in [1.29, 1.82) is 0 Å². The number of amides is 2. The van der Waals surface area contributed by atoms with Crippen LogP contribution < -0.4 is 16.8 Å². The maximum Gasteiger partial charge on any atom is 0.269 e. The summed E-state index contributed by atoms with van der Waals surface area (Å²) >= 11 is 0. The van der Waals surface area contributed by atoms with E-state index in [0.29, 0.717) is 16.9 Å². The molecule has 2 amide bonds. The monoisotopic (exact) mass is 259 g/mol. The summed E-state index contributed by atoms with van der Waals surface area (Å²) in [5.41, 5.74) is 12.5. The molecule has 98 valence electrons. The van der Waals surface area contributed by atoms with Gasteiger partial charge >= 0.3 is 0 Å². The maximum absolute atomic E-state index is 11.6. The molecule has 0 aliphatic heterocycles. The van der Waals surface area contributed by atoms with Crippen LogP contribution in [0.15, 0.2) is 30.5 Å². The van der Waals surface area contributed by atoms with Crippen LogP contribution in [-0.2, 0) is 0 Å². The Balaban J connectivity index is 2.48. The lowest BCUT2D eigenvalue weighted by atomic mass is 10.1. The number of rotatable bonds is 3. The zero-order valence-corrected chi connectivity index (χ0v) is 10.3. The van der Waals surface area contributed by atoms with E-state index >= 15 is 0 Å². The number of hydrogen-bond donors (Lipinski definition) is 3. The molecule has 1 aromatic carbocycles. The van der Waals surface area contributed by atoms with Crippen LogP contribution >= 0.6 is 0 Å². The average molecular weight is 259 g/mol. The van der Waals surface area contributed by atoms with Crippen molar-refractivity contribution < 1.29 is 9.59 Å². The first-order valence-corrected chi connectivity index (χ1v) is 5.50. The van der Waals surface area contributed by atoms with Gasteiger partial charge in [0.05, 0.1) is 11.4 Å². The predicted octanol–water partition coefficient (Wildman–Crippen LogP) is -0.0870. The highest BCUT2D eigenvalue weighted by molar-refractivity contribution is 5.95. The highest BCUT2D eigenvalue weighted by Gasteiger charge is 2.11. The van der Waals surface area contributed by atoms with Gasteiger partial charge in [0.15, 0.2) is 0 Å². The van der Waals surface area contributed by atoms with Gasteiger partial charge in [-0.15, -0.1) is 0 Å². The van der Waals surface area contributed by atoms with Gasteiger partial charge in [0.25, 0.3) is 11.8 Å². The van der Waals surface area contributed by atoms with E-state index in [-0.39, 0.29) is 11.6 Å². The van der Waals surface area contributed by atoms with Gasteiger partial charge in [-0.1, -0.05) is 0 Å². The summed E-state index contributed by atoms with van der Waals surface area (Å²) in [4.78, 5) is 22.6. The fraction of sp³-hybridized carbons (Fsp3) is 0.0833. The van der Waals surface area contributed by atoms with Crippen molar-refractivity contribution in [2.75, 3.05) is 12.8 Å². The molecule has 2 aromatic rings. The van der Waals surface area contributed by atoms with Crippen molar-refractivity contribution in [1.82, 2.24) is 15.1 Å². The number of nitrogens with one attached hydrogen (secondary N) is 1. The Hall–Kier alpha value is -2.83. The average Bonchev–Trinajstić information content (AvgIpc) is 2.88. The number of hydrogen-bond acceptors (Lipinski definition) is 4. The van der Waals surface area contributed by atoms with Gasteiger partial charge in [-0.2, -0.15) is 5.10 Å². The third-order valence-corrected chi connectivity index (χ3v) is 2.61. The zero-order valence-electron chi connectivity index (χ0n) is 10.3. The first kappa shape index (κ1) is 12.6. The summed E-state index contributed by atoms with van der Waals surface area (Å²) in [6.45, 7) is 0. The van der Waals surface area contributed by atoms with E-state index in [1.54, 1.807) is 24.4 Å². The fourth-order valence-corrected chi connectivity index (χ4v) is 1.62. The molecule has 0 saturated carbocycles. The number of carbonyl (C=O) groups excluding carboxylic acids is 2. The van der Waals surface area contributed by atoms with Gasteiger partial charge in [0, 0.05) is 18.8 Å². The van der Waals surface area contributed by atoms with Crippen LogP contribution in [-0.4, -0.2) is 28.6 Å². The molecule has 0 aliphatic carbocycles. The minimum absolute atomic E-state index is 0.129. The Morgan fingerprint density at radius 1 is 1.32 bits per heavy atom. The van der Waals surface area contributed by atoms with E-state index in [1.807, 2.05) is 0 Å². The van der Waals surface area contributed by atoms with E-state index in [1.165, 1.54) is 17.8 Å². The number of anilines is 1. The second kappa shape index (κ2) is 4.81. The molecule has 0 atom stereocenters. The maximum atomic E-state index is 11.6. The topological polar surface area (TPSA) is 116 Å². The Kier molecular flexibility index (Phi) is 3.19. The van der Waals surface area contributed by atoms with Crippen molar-refractivity contribution in [2.45, 2.75) is 0 Å². The van der Waals surface area contributed by atoms with Gasteiger partial charge in [0.1, 0.15) is 5.69 Å². The summed E-state index contributed by atoms with van der Waals surface area (Å²) in [7, 11) is 1.54. The number of nitrogen functional groups attached to an aromatic ring is 1. The van der Waals surface area contributed by atoms with Crippen LogP contribution in [0.25, 0.3) is 5.69 Å². The van der Waals surface area contributed by atoms with Crippen LogP contribution in [0.3, 0.4) is 0 Å². The highest BCUT2D eigenvalue weighted by Crippen LogP contribution is 2.18. The van der Waals surface area contributed by atoms with E-state index in [9.17, 15) is 9.59 Å².